The van der Waals surface area contributed by atoms with Crippen molar-refractivity contribution in [2.24, 2.45) is 0 Å². The molecule has 0 unspecified atom stereocenters. The van der Waals surface area contributed by atoms with Gasteiger partial charge < -0.3 is 5.32 Å². The minimum Gasteiger partial charge on any atom is -0.350 e. The molecule has 1 amide bonds. The van der Waals surface area contributed by atoms with Gasteiger partial charge in [-0.2, -0.15) is 0 Å². The maximum atomic E-state index is 11.4. The Bertz CT molecular complexity index is 178. The lowest BCUT2D eigenvalue weighted by Crippen LogP contribution is -2.37. The van der Waals surface area contributed by atoms with Gasteiger partial charge in [0.1, 0.15) is 0 Å². The topological polar surface area (TPSA) is 29.1 Å². The molecule has 1 fully saturated rings. The van der Waals surface area contributed by atoms with Crippen LogP contribution >= 0.6 is 15.9 Å². The van der Waals surface area contributed by atoms with Crippen molar-refractivity contribution in [1.82, 2.24) is 5.32 Å². The molecule has 0 aliphatic heterocycles. The van der Waals surface area contributed by atoms with Crippen molar-refractivity contribution in [1.29, 1.82) is 0 Å². The Morgan fingerprint density at radius 2 is 2.15 bits per heavy atom. The van der Waals surface area contributed by atoms with E-state index in [0.29, 0.717) is 6.42 Å². The molecule has 0 aromatic carbocycles. The third-order valence-corrected chi connectivity index (χ3v) is 3.59. The largest absolute Gasteiger partial charge is 0.350 e. The van der Waals surface area contributed by atoms with Crippen molar-refractivity contribution in [3.63, 3.8) is 0 Å². The summed E-state index contributed by atoms with van der Waals surface area (Å²) in [4.78, 5) is 11.4. The van der Waals surface area contributed by atoms with E-state index in [1.165, 1.54) is 6.42 Å². The first kappa shape index (κ1) is 11.0. The van der Waals surface area contributed by atoms with Crippen molar-refractivity contribution < 1.29 is 4.79 Å². The third kappa shape index (κ3) is 3.67. The molecule has 0 saturated heterocycles. The number of hydrogen-bond donors (Lipinski definition) is 1. The Morgan fingerprint density at radius 3 is 2.62 bits per heavy atom. The molecule has 0 bridgehead atoms. The van der Waals surface area contributed by atoms with E-state index in [1.807, 2.05) is 0 Å². The summed E-state index contributed by atoms with van der Waals surface area (Å²) in [5.74, 6) is 0.227. The molecule has 1 aliphatic rings. The molecular formula is C10H18BrNO. The molecule has 0 heterocycles. The molecule has 2 nitrogen and oxygen atoms in total. The normalized spacial score (nSPS) is 18.3. The number of halogens is 1. The summed E-state index contributed by atoms with van der Waals surface area (Å²) in [6.07, 6.45) is 6.34. The highest BCUT2D eigenvalue weighted by atomic mass is 79.9. The van der Waals surface area contributed by atoms with Gasteiger partial charge in [-0.05, 0) is 19.3 Å². The molecule has 1 rings (SSSR count). The summed E-state index contributed by atoms with van der Waals surface area (Å²) in [5, 5.41) is 3.99. The summed E-state index contributed by atoms with van der Waals surface area (Å²) in [6, 6.07) is 0. The number of unbranched alkanes of at least 4 members (excludes halogenated alkanes) is 2. The minimum atomic E-state index is 0.128. The van der Waals surface area contributed by atoms with Crippen molar-refractivity contribution >= 4 is 21.8 Å². The van der Waals surface area contributed by atoms with E-state index in [1.54, 1.807) is 0 Å². The standard InChI is InChI=1S/C10H18BrNO/c1-2-3-4-5-9(13)12-10(8-11)6-7-10/h2-8H2,1H3,(H,12,13). The smallest absolute Gasteiger partial charge is 0.220 e. The van der Waals surface area contributed by atoms with E-state index in [-0.39, 0.29) is 11.4 Å². The summed E-state index contributed by atoms with van der Waals surface area (Å²) in [5.41, 5.74) is 0.128. The number of carbonyl (C=O) groups is 1. The number of rotatable bonds is 6. The van der Waals surface area contributed by atoms with Crippen LogP contribution in [-0.4, -0.2) is 16.8 Å². The van der Waals surface area contributed by atoms with Gasteiger partial charge in [0.05, 0.1) is 0 Å². The fraction of sp³-hybridized carbons (Fsp3) is 0.900. The lowest BCUT2D eigenvalue weighted by molar-refractivity contribution is -0.122. The summed E-state index contributed by atoms with van der Waals surface area (Å²) in [6.45, 7) is 2.15. The first-order valence-corrected chi connectivity index (χ1v) is 6.21. The van der Waals surface area contributed by atoms with Crippen molar-refractivity contribution in [3.8, 4) is 0 Å². The van der Waals surface area contributed by atoms with Crippen molar-refractivity contribution in [2.45, 2.75) is 51.0 Å². The molecule has 3 heteroatoms. The van der Waals surface area contributed by atoms with Crippen LogP contribution in [0, 0.1) is 0 Å². The SMILES string of the molecule is CCCCCC(=O)NC1(CBr)CC1. The first-order valence-electron chi connectivity index (χ1n) is 5.09. The highest BCUT2D eigenvalue weighted by Gasteiger charge is 2.42. The molecule has 0 radical (unpaired) electrons. The van der Waals surface area contributed by atoms with Gasteiger partial charge in [0.25, 0.3) is 0 Å². The molecule has 1 saturated carbocycles. The maximum Gasteiger partial charge on any atom is 0.220 e. The Morgan fingerprint density at radius 1 is 1.46 bits per heavy atom. The highest BCUT2D eigenvalue weighted by molar-refractivity contribution is 9.09. The van der Waals surface area contributed by atoms with E-state index < -0.39 is 0 Å². The van der Waals surface area contributed by atoms with Crippen LogP contribution in [0.5, 0.6) is 0 Å². The zero-order chi connectivity index (χ0) is 9.73. The second-order valence-corrected chi connectivity index (χ2v) is 4.48. The minimum absolute atomic E-state index is 0.128. The second kappa shape index (κ2) is 4.99. The number of hydrogen-bond acceptors (Lipinski definition) is 1. The number of alkyl halides is 1. The van der Waals surface area contributed by atoms with Crippen LogP contribution in [0.1, 0.15) is 45.4 Å². The van der Waals surface area contributed by atoms with Gasteiger partial charge in [0, 0.05) is 17.3 Å². The second-order valence-electron chi connectivity index (χ2n) is 3.92. The molecule has 1 aliphatic carbocycles. The molecule has 0 aromatic heterocycles. The summed E-state index contributed by atoms with van der Waals surface area (Å²) in [7, 11) is 0. The Kier molecular flexibility index (Phi) is 4.23. The molecule has 0 aromatic rings. The monoisotopic (exact) mass is 247 g/mol. The molecule has 0 spiro atoms. The zero-order valence-corrected chi connectivity index (χ0v) is 9.82. The number of nitrogens with one attached hydrogen (secondary N) is 1. The predicted octanol–water partition coefficient (Wildman–Crippen LogP) is 2.61. The van der Waals surface area contributed by atoms with E-state index in [9.17, 15) is 4.79 Å². The van der Waals surface area contributed by atoms with Crippen LogP contribution in [0.3, 0.4) is 0 Å². The van der Waals surface area contributed by atoms with E-state index in [4.69, 9.17) is 0 Å². The number of amides is 1. The molecular weight excluding hydrogens is 230 g/mol. The Hall–Kier alpha value is -0.0500. The lowest BCUT2D eigenvalue weighted by Gasteiger charge is -2.13. The lowest BCUT2D eigenvalue weighted by atomic mass is 10.2. The highest BCUT2D eigenvalue weighted by Crippen LogP contribution is 2.36. The molecule has 0 atom stereocenters. The molecule has 1 N–H and O–H groups in total. The first-order chi connectivity index (χ1) is 6.22. The quantitative estimate of drug-likeness (QED) is 0.568. The third-order valence-electron chi connectivity index (χ3n) is 2.52. The van der Waals surface area contributed by atoms with Gasteiger partial charge in [-0.1, -0.05) is 35.7 Å². The van der Waals surface area contributed by atoms with Crippen molar-refractivity contribution in [3.05, 3.63) is 0 Å². The van der Waals surface area contributed by atoms with Gasteiger partial charge >= 0.3 is 0 Å². The molecule has 76 valence electrons. The van der Waals surface area contributed by atoms with Crippen molar-refractivity contribution in [2.75, 3.05) is 5.33 Å². The van der Waals surface area contributed by atoms with Crippen LogP contribution in [0.4, 0.5) is 0 Å². The zero-order valence-electron chi connectivity index (χ0n) is 8.24. The Labute approximate surface area is 88.6 Å². The average Bonchev–Trinajstić information content (AvgIpc) is 2.86. The maximum absolute atomic E-state index is 11.4. The fourth-order valence-corrected chi connectivity index (χ4v) is 2.04. The van der Waals surface area contributed by atoms with Crippen LogP contribution in [0.15, 0.2) is 0 Å². The summed E-state index contributed by atoms with van der Waals surface area (Å²) >= 11 is 3.43. The van der Waals surface area contributed by atoms with E-state index in [0.717, 1.165) is 31.0 Å². The van der Waals surface area contributed by atoms with E-state index in [2.05, 4.69) is 28.2 Å². The van der Waals surface area contributed by atoms with Crippen LogP contribution in [-0.2, 0) is 4.79 Å². The van der Waals surface area contributed by atoms with Crippen LogP contribution in [0.2, 0.25) is 0 Å². The van der Waals surface area contributed by atoms with Crippen LogP contribution in [0.25, 0.3) is 0 Å². The van der Waals surface area contributed by atoms with Crippen LogP contribution < -0.4 is 5.32 Å². The summed E-state index contributed by atoms with van der Waals surface area (Å²) < 4.78 is 0. The Balaban J connectivity index is 2.11. The van der Waals surface area contributed by atoms with Gasteiger partial charge in [0.15, 0.2) is 0 Å². The molecule has 13 heavy (non-hydrogen) atoms. The predicted molar refractivity (Wildman–Crippen MR) is 58.0 cm³/mol. The van der Waals surface area contributed by atoms with Gasteiger partial charge in [0.2, 0.25) is 5.91 Å². The van der Waals surface area contributed by atoms with Gasteiger partial charge in [-0.25, -0.2) is 0 Å². The average molecular weight is 248 g/mol. The van der Waals surface area contributed by atoms with Gasteiger partial charge in [-0.3, -0.25) is 4.79 Å². The number of carbonyl (C=O) groups excluding carboxylic acids is 1. The van der Waals surface area contributed by atoms with E-state index >= 15 is 0 Å². The fourth-order valence-electron chi connectivity index (χ4n) is 1.34. The van der Waals surface area contributed by atoms with Gasteiger partial charge in [-0.15, -0.1) is 0 Å².